The Kier molecular flexibility index (Phi) is 5.13. The Balaban J connectivity index is 1.43. The molecule has 0 amide bonds. The first-order valence-corrected chi connectivity index (χ1v) is 10.9. The van der Waals surface area contributed by atoms with Crippen LogP contribution in [0, 0.1) is 0 Å². The molecule has 0 aliphatic carbocycles. The highest BCUT2D eigenvalue weighted by Gasteiger charge is 2.33. The average molecular weight is 436 g/mol. The van der Waals surface area contributed by atoms with E-state index in [0.29, 0.717) is 12.2 Å². The lowest BCUT2D eigenvalue weighted by Crippen LogP contribution is -2.45. The Morgan fingerprint density at radius 3 is 2.97 bits per heavy atom. The number of hydrogen-bond acceptors (Lipinski definition) is 6. The molecule has 8 nitrogen and oxygen atoms in total. The summed E-state index contributed by atoms with van der Waals surface area (Å²) in [6.07, 6.45) is 2.00. The lowest BCUT2D eigenvalue weighted by atomic mass is 9.93. The van der Waals surface area contributed by atoms with Gasteiger partial charge in [0, 0.05) is 23.4 Å². The normalized spacial score (nSPS) is 18.1. The van der Waals surface area contributed by atoms with Crippen molar-refractivity contribution in [2.24, 2.45) is 0 Å². The van der Waals surface area contributed by atoms with Crippen LogP contribution in [0.5, 0.6) is 5.75 Å². The molecular formula is C22H21N5O3S. The number of carboxylic acids is 1. The molecular weight excluding hydrogens is 414 g/mol. The third kappa shape index (κ3) is 3.77. The average Bonchev–Trinajstić information content (AvgIpc) is 3.43. The van der Waals surface area contributed by atoms with Crippen molar-refractivity contribution in [3.8, 4) is 5.75 Å². The molecule has 158 valence electrons. The summed E-state index contributed by atoms with van der Waals surface area (Å²) >= 11 is 1.59. The van der Waals surface area contributed by atoms with E-state index in [9.17, 15) is 9.90 Å². The van der Waals surface area contributed by atoms with Gasteiger partial charge in [0.25, 0.3) is 0 Å². The fraction of sp³-hybridized carbons (Fsp3) is 0.227. The van der Waals surface area contributed by atoms with Gasteiger partial charge in [-0.3, -0.25) is 10.1 Å². The molecule has 3 heterocycles. The Hall–Kier alpha value is -3.30. The van der Waals surface area contributed by atoms with E-state index in [1.807, 2.05) is 36.4 Å². The number of aromatic amines is 2. The van der Waals surface area contributed by atoms with Gasteiger partial charge in [-0.2, -0.15) is 0 Å². The number of hydrogen-bond donors (Lipinski definition) is 4. The minimum atomic E-state index is -0.876. The van der Waals surface area contributed by atoms with Gasteiger partial charge in [0.05, 0.1) is 36.2 Å². The summed E-state index contributed by atoms with van der Waals surface area (Å²) in [5.74, 6) is 0.555. The fourth-order valence-corrected chi connectivity index (χ4v) is 4.80. The summed E-state index contributed by atoms with van der Waals surface area (Å²) in [6, 6.07) is 12.9. The van der Waals surface area contributed by atoms with Crippen molar-refractivity contribution in [1.82, 2.24) is 25.3 Å². The minimum absolute atomic E-state index is 0.308. The number of para-hydroxylation sites is 2. The molecule has 0 fully saturated rings. The van der Waals surface area contributed by atoms with Crippen LogP contribution in [0.4, 0.5) is 0 Å². The number of nitrogens with one attached hydrogen (secondary N) is 3. The lowest BCUT2D eigenvalue weighted by Gasteiger charge is -2.28. The molecule has 2 aromatic heterocycles. The molecule has 0 spiro atoms. The van der Waals surface area contributed by atoms with E-state index in [4.69, 9.17) is 4.74 Å². The van der Waals surface area contributed by atoms with Gasteiger partial charge in [-0.25, -0.2) is 9.97 Å². The predicted octanol–water partition coefficient (Wildman–Crippen LogP) is 3.28. The Bertz CT molecular complexity index is 1220. The highest BCUT2D eigenvalue weighted by atomic mass is 32.2. The number of thioether (sulfide) groups is 1. The van der Waals surface area contributed by atoms with Gasteiger partial charge in [-0.05, 0) is 29.8 Å². The number of aromatic nitrogens is 4. The maximum Gasteiger partial charge on any atom is 0.321 e. The standard InChI is InChI=1S/C22H21N5O3S/c1-30-18-7-6-12(19-20-16(23-11-24-20)9-17(25-19)21(28)29)8-13(18)10-31-22-26-14-4-2-3-5-15(14)27-22/h2-8,11,17,19,25H,9-10H2,1H3,(H,23,24)(H,26,27)(H,28,29)/t17-,19-/m1/s1. The number of methoxy groups -OCH3 is 1. The van der Waals surface area contributed by atoms with Crippen LogP contribution in [0.25, 0.3) is 11.0 Å². The van der Waals surface area contributed by atoms with Gasteiger partial charge in [0.15, 0.2) is 5.16 Å². The molecule has 1 aliphatic rings. The third-order valence-corrected chi connectivity index (χ3v) is 6.39. The van der Waals surface area contributed by atoms with Crippen LogP contribution in [-0.4, -0.2) is 44.2 Å². The zero-order valence-corrected chi connectivity index (χ0v) is 17.6. The summed E-state index contributed by atoms with van der Waals surface area (Å²) in [6.45, 7) is 0. The van der Waals surface area contributed by atoms with E-state index >= 15 is 0 Å². The number of rotatable bonds is 6. The van der Waals surface area contributed by atoms with Gasteiger partial charge in [-0.1, -0.05) is 30.0 Å². The van der Waals surface area contributed by atoms with Gasteiger partial charge in [0.1, 0.15) is 11.8 Å². The summed E-state index contributed by atoms with van der Waals surface area (Å²) in [4.78, 5) is 27.1. The second-order valence-electron chi connectivity index (χ2n) is 7.38. The molecule has 9 heteroatoms. The fourth-order valence-electron chi connectivity index (χ4n) is 3.93. The molecule has 4 N–H and O–H groups in total. The second-order valence-corrected chi connectivity index (χ2v) is 8.34. The van der Waals surface area contributed by atoms with Crippen LogP contribution in [0.3, 0.4) is 0 Å². The van der Waals surface area contributed by atoms with Crippen molar-refractivity contribution in [2.75, 3.05) is 7.11 Å². The molecule has 0 radical (unpaired) electrons. The summed E-state index contributed by atoms with van der Waals surface area (Å²) in [5, 5.41) is 13.6. The lowest BCUT2D eigenvalue weighted by molar-refractivity contribution is -0.139. The summed E-state index contributed by atoms with van der Waals surface area (Å²) in [5.41, 5.74) is 5.57. The van der Waals surface area contributed by atoms with Crippen molar-refractivity contribution in [1.29, 1.82) is 0 Å². The van der Waals surface area contributed by atoms with E-state index in [2.05, 4.69) is 31.3 Å². The number of aliphatic carboxylic acids is 1. The second kappa shape index (κ2) is 8.09. The van der Waals surface area contributed by atoms with Crippen molar-refractivity contribution in [3.05, 3.63) is 71.3 Å². The Morgan fingerprint density at radius 2 is 2.16 bits per heavy atom. The zero-order valence-electron chi connectivity index (χ0n) is 16.8. The molecule has 0 saturated carbocycles. The van der Waals surface area contributed by atoms with E-state index in [0.717, 1.165) is 44.5 Å². The van der Waals surface area contributed by atoms with Crippen molar-refractivity contribution >= 4 is 28.8 Å². The molecule has 2 aromatic carbocycles. The Morgan fingerprint density at radius 1 is 1.29 bits per heavy atom. The number of fused-ring (bicyclic) bond motifs is 2. The van der Waals surface area contributed by atoms with Crippen LogP contribution < -0.4 is 10.1 Å². The topological polar surface area (TPSA) is 116 Å². The van der Waals surface area contributed by atoms with Crippen LogP contribution in [0.2, 0.25) is 0 Å². The molecule has 1 aliphatic heterocycles. The maximum atomic E-state index is 11.6. The maximum absolute atomic E-state index is 11.6. The van der Waals surface area contributed by atoms with Gasteiger partial charge in [0.2, 0.25) is 0 Å². The monoisotopic (exact) mass is 435 g/mol. The van der Waals surface area contributed by atoms with Gasteiger partial charge >= 0.3 is 5.97 Å². The minimum Gasteiger partial charge on any atom is -0.496 e. The number of carbonyl (C=O) groups is 1. The number of benzene rings is 2. The smallest absolute Gasteiger partial charge is 0.321 e. The predicted molar refractivity (Wildman–Crippen MR) is 117 cm³/mol. The van der Waals surface area contributed by atoms with E-state index in [1.54, 1.807) is 25.2 Å². The Labute approximate surface area is 182 Å². The number of ether oxygens (including phenoxy) is 1. The molecule has 0 bridgehead atoms. The van der Waals surface area contributed by atoms with Gasteiger partial charge in [-0.15, -0.1) is 0 Å². The van der Waals surface area contributed by atoms with Crippen LogP contribution in [0.15, 0.2) is 53.9 Å². The van der Waals surface area contributed by atoms with Gasteiger partial charge < -0.3 is 19.8 Å². The SMILES string of the molecule is COc1ccc([C@H]2N[C@@H](C(=O)O)Cc3[nH]cnc32)cc1CSc1nc2ccccc2[nH]1. The van der Waals surface area contributed by atoms with Crippen molar-refractivity contribution < 1.29 is 14.6 Å². The number of H-pyrrole nitrogens is 2. The molecule has 31 heavy (non-hydrogen) atoms. The quantitative estimate of drug-likeness (QED) is 0.344. The highest BCUT2D eigenvalue weighted by molar-refractivity contribution is 7.98. The third-order valence-electron chi connectivity index (χ3n) is 5.47. The molecule has 0 saturated heterocycles. The van der Waals surface area contributed by atoms with E-state index in [-0.39, 0.29) is 6.04 Å². The number of imidazole rings is 2. The van der Waals surface area contributed by atoms with Crippen LogP contribution in [-0.2, 0) is 17.0 Å². The highest BCUT2D eigenvalue weighted by Crippen LogP contribution is 2.34. The number of nitrogens with zero attached hydrogens (tertiary/aromatic N) is 2. The largest absolute Gasteiger partial charge is 0.496 e. The molecule has 0 unspecified atom stereocenters. The molecule has 4 aromatic rings. The first-order valence-electron chi connectivity index (χ1n) is 9.87. The zero-order chi connectivity index (χ0) is 21.4. The molecule has 5 rings (SSSR count). The summed E-state index contributed by atoms with van der Waals surface area (Å²) < 4.78 is 5.57. The first kappa shape index (κ1) is 19.7. The molecule has 2 atom stereocenters. The van der Waals surface area contributed by atoms with Crippen molar-refractivity contribution in [3.63, 3.8) is 0 Å². The first-order chi connectivity index (χ1) is 15.1. The summed E-state index contributed by atoms with van der Waals surface area (Å²) in [7, 11) is 1.65. The van der Waals surface area contributed by atoms with Crippen LogP contribution in [0.1, 0.15) is 28.6 Å². The number of carboxylic acid groups (broad SMARTS) is 1. The van der Waals surface area contributed by atoms with E-state index in [1.165, 1.54) is 0 Å². The van der Waals surface area contributed by atoms with Crippen molar-refractivity contribution in [2.45, 2.75) is 29.4 Å². The van der Waals surface area contributed by atoms with E-state index < -0.39 is 12.0 Å². The van der Waals surface area contributed by atoms with Crippen LogP contribution >= 0.6 is 11.8 Å².